The molecule has 0 saturated heterocycles. The van der Waals surface area contributed by atoms with Gasteiger partial charge < -0.3 is 9.47 Å². The monoisotopic (exact) mass is 430 g/mol. The molecule has 4 nitrogen and oxygen atoms in total. The van der Waals surface area contributed by atoms with Crippen molar-refractivity contribution in [3.63, 3.8) is 0 Å². The summed E-state index contributed by atoms with van der Waals surface area (Å²) in [5, 5.41) is -0.471. The summed E-state index contributed by atoms with van der Waals surface area (Å²) in [7, 11) is 0. The molecule has 9 heteroatoms. The summed E-state index contributed by atoms with van der Waals surface area (Å²) >= 11 is 29.5. The molecule has 1 aromatic carbocycles. The highest BCUT2D eigenvalue weighted by Gasteiger charge is 2.22. The second kappa shape index (κ2) is 9.60. The molecule has 0 saturated carbocycles. The molecule has 0 radical (unpaired) electrons. The second-order valence-electron chi connectivity index (χ2n) is 4.53. The predicted octanol–water partition coefficient (Wildman–Crippen LogP) is 5.59. The van der Waals surface area contributed by atoms with Crippen LogP contribution in [0.3, 0.4) is 0 Å². The van der Waals surface area contributed by atoms with Gasteiger partial charge in [0.05, 0.1) is 15.1 Å². The number of carbonyl (C=O) groups excluding carboxylic acids is 2. The molecule has 0 bridgehead atoms. The number of carbonyl (C=O) groups is 2. The number of rotatable bonds is 6. The van der Waals surface area contributed by atoms with Crippen molar-refractivity contribution in [1.29, 1.82) is 0 Å². The van der Waals surface area contributed by atoms with Crippen LogP contribution in [-0.4, -0.2) is 18.0 Å². The average Bonchev–Trinajstić information content (AvgIpc) is 2.54. The fourth-order valence-electron chi connectivity index (χ4n) is 1.51. The Labute approximate surface area is 164 Å². The van der Waals surface area contributed by atoms with E-state index in [0.29, 0.717) is 0 Å². The van der Waals surface area contributed by atoms with Gasteiger partial charge in [0, 0.05) is 12.8 Å². The first-order chi connectivity index (χ1) is 11.2. The molecule has 0 amide bonds. The van der Waals surface area contributed by atoms with E-state index in [4.69, 9.17) is 73.9 Å². The maximum absolute atomic E-state index is 11.8. The lowest BCUT2D eigenvalue weighted by molar-refractivity contribution is -0.146. The van der Waals surface area contributed by atoms with Gasteiger partial charge in [-0.1, -0.05) is 63.9 Å². The minimum atomic E-state index is -0.675. The average molecular weight is 433 g/mol. The third-order valence-electron chi connectivity index (χ3n) is 2.69. The maximum Gasteiger partial charge on any atom is 0.311 e. The largest absolute Gasteiger partial charge is 0.449 e. The van der Waals surface area contributed by atoms with E-state index in [2.05, 4.69) is 5.92 Å². The lowest BCUT2D eigenvalue weighted by Gasteiger charge is -2.12. The SMILES string of the molecule is C#CC(C)OC(=O)CCCC(=O)Oc1c(Cl)c(Cl)c(Cl)c(Cl)c1Cl. The molecule has 1 atom stereocenters. The van der Waals surface area contributed by atoms with Crippen LogP contribution >= 0.6 is 58.0 Å². The summed E-state index contributed by atoms with van der Waals surface area (Å²) in [5.41, 5.74) is 0. The first-order valence-corrected chi connectivity index (χ1v) is 8.45. The lowest BCUT2D eigenvalue weighted by Crippen LogP contribution is -2.14. The van der Waals surface area contributed by atoms with Gasteiger partial charge in [-0.05, 0) is 13.3 Å². The molecule has 130 valence electrons. The van der Waals surface area contributed by atoms with Crippen LogP contribution in [-0.2, 0) is 14.3 Å². The number of benzene rings is 1. The molecule has 0 aromatic heterocycles. The van der Waals surface area contributed by atoms with Crippen LogP contribution < -0.4 is 4.74 Å². The molecule has 1 rings (SSSR count). The van der Waals surface area contributed by atoms with Gasteiger partial charge in [0.1, 0.15) is 10.0 Å². The van der Waals surface area contributed by atoms with Crippen LogP contribution in [0.15, 0.2) is 0 Å². The maximum atomic E-state index is 11.8. The Morgan fingerprint density at radius 2 is 1.42 bits per heavy atom. The van der Waals surface area contributed by atoms with Gasteiger partial charge in [-0.3, -0.25) is 9.59 Å². The molecule has 1 unspecified atom stereocenters. The van der Waals surface area contributed by atoms with Crippen LogP contribution in [0, 0.1) is 12.3 Å². The van der Waals surface area contributed by atoms with Crippen LogP contribution in [0.2, 0.25) is 25.1 Å². The number of esters is 2. The fraction of sp³-hybridized carbons (Fsp3) is 0.333. The van der Waals surface area contributed by atoms with Crippen molar-refractivity contribution in [2.24, 2.45) is 0 Å². The molecule has 0 aliphatic heterocycles. The second-order valence-corrected chi connectivity index (χ2v) is 6.42. The zero-order valence-electron chi connectivity index (χ0n) is 12.3. The molecule has 0 fully saturated rings. The van der Waals surface area contributed by atoms with Crippen molar-refractivity contribution in [2.45, 2.75) is 32.3 Å². The summed E-state index contributed by atoms with van der Waals surface area (Å²) in [6, 6.07) is 0. The standard InChI is InChI=1S/C15H11Cl5O4/c1-3-7(2)23-8(21)5-4-6-9(22)24-15-13(19)11(17)10(16)12(18)14(15)20/h1,7H,4-6H2,2H3. The van der Waals surface area contributed by atoms with E-state index < -0.39 is 18.0 Å². The molecular formula is C15H11Cl5O4. The summed E-state index contributed by atoms with van der Waals surface area (Å²) in [6.07, 6.45) is 4.58. The number of halogens is 5. The molecular weight excluding hydrogens is 421 g/mol. The number of ether oxygens (including phenoxy) is 2. The van der Waals surface area contributed by atoms with E-state index >= 15 is 0 Å². The zero-order valence-corrected chi connectivity index (χ0v) is 16.1. The number of hydrogen-bond donors (Lipinski definition) is 0. The van der Waals surface area contributed by atoms with E-state index in [-0.39, 0.29) is 50.1 Å². The van der Waals surface area contributed by atoms with E-state index in [1.165, 1.54) is 0 Å². The Morgan fingerprint density at radius 1 is 0.958 bits per heavy atom. The van der Waals surface area contributed by atoms with Crippen molar-refractivity contribution in [1.82, 2.24) is 0 Å². The van der Waals surface area contributed by atoms with Gasteiger partial charge in [0.2, 0.25) is 0 Å². The zero-order chi connectivity index (χ0) is 18.4. The number of hydrogen-bond acceptors (Lipinski definition) is 4. The fourth-order valence-corrected chi connectivity index (χ4v) is 2.70. The van der Waals surface area contributed by atoms with Gasteiger partial charge in [0.15, 0.2) is 11.9 Å². The van der Waals surface area contributed by atoms with Crippen molar-refractivity contribution in [3.05, 3.63) is 25.1 Å². The van der Waals surface area contributed by atoms with Gasteiger partial charge in [0.25, 0.3) is 0 Å². The van der Waals surface area contributed by atoms with Gasteiger partial charge in [-0.15, -0.1) is 6.42 Å². The van der Waals surface area contributed by atoms with Crippen molar-refractivity contribution in [2.75, 3.05) is 0 Å². The summed E-state index contributed by atoms with van der Waals surface area (Å²) in [4.78, 5) is 23.3. The highest BCUT2D eigenvalue weighted by molar-refractivity contribution is 6.55. The van der Waals surface area contributed by atoms with Crippen LogP contribution in [0.25, 0.3) is 0 Å². The molecule has 0 spiro atoms. The van der Waals surface area contributed by atoms with Gasteiger partial charge >= 0.3 is 11.9 Å². The molecule has 0 N–H and O–H groups in total. The predicted molar refractivity (Wildman–Crippen MR) is 95.4 cm³/mol. The quantitative estimate of drug-likeness (QED) is 0.193. The molecule has 24 heavy (non-hydrogen) atoms. The Morgan fingerprint density at radius 3 is 1.92 bits per heavy atom. The number of terminal acetylenes is 1. The highest BCUT2D eigenvalue weighted by Crippen LogP contribution is 2.48. The van der Waals surface area contributed by atoms with Crippen molar-refractivity contribution < 1.29 is 19.1 Å². The van der Waals surface area contributed by atoms with E-state index in [1.807, 2.05) is 0 Å². The van der Waals surface area contributed by atoms with Crippen LogP contribution in [0.5, 0.6) is 5.75 Å². The van der Waals surface area contributed by atoms with Gasteiger partial charge in [-0.2, -0.15) is 0 Å². The molecule has 0 aliphatic rings. The Bertz CT molecular complexity index is 667. The van der Waals surface area contributed by atoms with Crippen LogP contribution in [0.1, 0.15) is 26.2 Å². The highest BCUT2D eigenvalue weighted by atomic mass is 35.5. The molecule has 0 aliphatic carbocycles. The summed E-state index contributed by atoms with van der Waals surface area (Å²) in [5.74, 6) is 0.880. The normalized spacial score (nSPS) is 11.5. The van der Waals surface area contributed by atoms with E-state index in [9.17, 15) is 9.59 Å². The minimum Gasteiger partial charge on any atom is -0.449 e. The van der Waals surface area contributed by atoms with Crippen molar-refractivity contribution >= 4 is 69.9 Å². The summed E-state index contributed by atoms with van der Waals surface area (Å²) in [6.45, 7) is 1.56. The molecule has 1 aromatic rings. The first-order valence-electron chi connectivity index (χ1n) is 6.56. The van der Waals surface area contributed by atoms with E-state index in [1.54, 1.807) is 6.92 Å². The van der Waals surface area contributed by atoms with Crippen molar-refractivity contribution in [3.8, 4) is 18.1 Å². The third kappa shape index (κ3) is 5.61. The van der Waals surface area contributed by atoms with E-state index in [0.717, 1.165) is 0 Å². The smallest absolute Gasteiger partial charge is 0.311 e. The third-order valence-corrected chi connectivity index (χ3v) is 4.93. The minimum absolute atomic E-state index is 0.00468. The Hall–Kier alpha value is -0.830. The topological polar surface area (TPSA) is 52.6 Å². The first kappa shape index (κ1) is 21.2. The van der Waals surface area contributed by atoms with Gasteiger partial charge in [-0.25, -0.2) is 0 Å². The Kier molecular flexibility index (Phi) is 8.49. The van der Waals surface area contributed by atoms with Crippen LogP contribution in [0.4, 0.5) is 0 Å². The lowest BCUT2D eigenvalue weighted by atomic mass is 10.2. The summed E-state index contributed by atoms with van der Waals surface area (Å²) < 4.78 is 9.93. The molecule has 0 heterocycles. The Balaban J connectivity index is 2.64.